The van der Waals surface area contributed by atoms with Crippen LogP contribution in [0.3, 0.4) is 0 Å². The predicted molar refractivity (Wildman–Crippen MR) is 400 cm³/mol. The third-order valence-electron chi connectivity index (χ3n) is 18.6. The van der Waals surface area contributed by atoms with E-state index in [-0.39, 0.29) is 25.7 Å². The molecule has 0 aliphatic heterocycles. The van der Waals surface area contributed by atoms with Crippen LogP contribution in [0.2, 0.25) is 0 Å². The van der Waals surface area contributed by atoms with Gasteiger partial charge in [0.25, 0.3) is 0 Å². The van der Waals surface area contributed by atoms with Gasteiger partial charge in [-0.3, -0.25) is 37.3 Å². The van der Waals surface area contributed by atoms with Gasteiger partial charge >= 0.3 is 39.5 Å². The van der Waals surface area contributed by atoms with Crippen molar-refractivity contribution < 1.29 is 80.2 Å². The number of rotatable bonds is 80. The van der Waals surface area contributed by atoms with E-state index in [9.17, 15) is 43.2 Å². The van der Waals surface area contributed by atoms with Crippen LogP contribution in [0.15, 0.2) is 0 Å². The van der Waals surface area contributed by atoms with E-state index in [0.717, 1.165) is 89.9 Å². The lowest BCUT2D eigenvalue weighted by molar-refractivity contribution is -0.161. The maximum atomic E-state index is 13.1. The molecule has 582 valence electrons. The largest absolute Gasteiger partial charge is 0.472 e. The SMILES string of the molecule is CCCCCCCCCCCCCCCCCCCC(=O)O[C@H](COC(=O)CCCCCCCCCCCCCCCCC)COP(=O)(O)OC[C@@H](O)COP(=O)(O)OC[C@@H](COC(=O)CCCCCCCCCCCCC)OC(=O)CCCCCCCCCCCCCCCCC. The quantitative estimate of drug-likeness (QED) is 0.0222. The topological polar surface area (TPSA) is 237 Å². The molecule has 0 saturated carbocycles. The Bertz CT molecular complexity index is 1860. The molecule has 0 spiro atoms. The predicted octanol–water partition coefficient (Wildman–Crippen LogP) is 23.8. The van der Waals surface area contributed by atoms with Crippen LogP contribution >= 0.6 is 15.6 Å². The lowest BCUT2D eigenvalue weighted by Crippen LogP contribution is -2.30. The fourth-order valence-electron chi connectivity index (χ4n) is 12.3. The normalized spacial score (nSPS) is 13.8. The highest BCUT2D eigenvalue weighted by molar-refractivity contribution is 7.47. The van der Waals surface area contributed by atoms with E-state index < -0.39 is 97.5 Å². The van der Waals surface area contributed by atoms with E-state index >= 15 is 0 Å². The molecule has 5 atom stereocenters. The van der Waals surface area contributed by atoms with E-state index in [2.05, 4.69) is 27.7 Å². The van der Waals surface area contributed by atoms with Gasteiger partial charge < -0.3 is 33.8 Å². The van der Waals surface area contributed by atoms with Crippen molar-refractivity contribution in [1.82, 2.24) is 0 Å². The van der Waals surface area contributed by atoms with Crippen molar-refractivity contribution in [1.29, 1.82) is 0 Å². The smallest absolute Gasteiger partial charge is 0.462 e. The number of phosphoric ester groups is 2. The number of aliphatic hydroxyl groups is 1. The summed E-state index contributed by atoms with van der Waals surface area (Å²) in [7, 11) is -9.91. The van der Waals surface area contributed by atoms with Gasteiger partial charge in [0.1, 0.15) is 19.3 Å². The number of phosphoric acid groups is 2. The molecule has 0 rings (SSSR count). The molecule has 98 heavy (non-hydrogen) atoms. The summed E-state index contributed by atoms with van der Waals surface area (Å²) in [5, 5.41) is 10.6. The fourth-order valence-corrected chi connectivity index (χ4v) is 13.9. The second-order valence-corrected chi connectivity index (χ2v) is 31.4. The van der Waals surface area contributed by atoms with Crippen LogP contribution < -0.4 is 0 Å². The van der Waals surface area contributed by atoms with E-state index in [0.29, 0.717) is 25.7 Å². The van der Waals surface area contributed by atoms with Gasteiger partial charge in [0, 0.05) is 25.7 Å². The molecule has 0 bridgehead atoms. The number of hydrogen-bond acceptors (Lipinski definition) is 15. The Morgan fingerprint density at radius 1 is 0.245 bits per heavy atom. The van der Waals surface area contributed by atoms with Gasteiger partial charge in [0.05, 0.1) is 26.4 Å². The molecular weight excluding hydrogens is 1280 g/mol. The van der Waals surface area contributed by atoms with Gasteiger partial charge in [-0.1, -0.05) is 374 Å². The summed E-state index contributed by atoms with van der Waals surface area (Å²) in [5.41, 5.74) is 0. The van der Waals surface area contributed by atoms with Gasteiger partial charge in [0.15, 0.2) is 12.2 Å². The van der Waals surface area contributed by atoms with Gasteiger partial charge in [-0.2, -0.15) is 0 Å². The summed E-state index contributed by atoms with van der Waals surface area (Å²) < 4.78 is 68.7. The summed E-state index contributed by atoms with van der Waals surface area (Å²) in [6.07, 6.45) is 65.0. The van der Waals surface area contributed by atoms with Crippen molar-refractivity contribution in [2.24, 2.45) is 0 Å². The van der Waals surface area contributed by atoms with Gasteiger partial charge in [0.2, 0.25) is 0 Å². The Labute approximate surface area is 600 Å². The summed E-state index contributed by atoms with van der Waals surface area (Å²) in [6, 6.07) is 0. The van der Waals surface area contributed by atoms with Crippen LogP contribution in [0.1, 0.15) is 426 Å². The Morgan fingerprint density at radius 2 is 0.408 bits per heavy atom. The molecular formula is C79H154O17P2. The zero-order chi connectivity index (χ0) is 71.8. The maximum Gasteiger partial charge on any atom is 0.472 e. The van der Waals surface area contributed by atoms with Gasteiger partial charge in [-0.15, -0.1) is 0 Å². The number of carbonyl (C=O) groups excluding carboxylic acids is 4. The highest BCUT2D eigenvalue weighted by atomic mass is 31.2. The van der Waals surface area contributed by atoms with E-state index in [1.165, 1.54) is 257 Å². The Balaban J connectivity index is 5.25. The fraction of sp³-hybridized carbons (Fsp3) is 0.949. The molecule has 0 aliphatic rings. The molecule has 0 heterocycles. The van der Waals surface area contributed by atoms with Crippen molar-refractivity contribution in [3.8, 4) is 0 Å². The summed E-state index contributed by atoms with van der Waals surface area (Å²) in [5.74, 6) is -2.10. The number of aliphatic hydroxyl groups excluding tert-OH is 1. The number of esters is 4. The first-order valence-electron chi connectivity index (χ1n) is 41.3. The molecule has 0 radical (unpaired) electrons. The molecule has 0 aromatic carbocycles. The molecule has 19 heteroatoms. The maximum absolute atomic E-state index is 13.1. The zero-order valence-corrected chi connectivity index (χ0v) is 65.6. The minimum absolute atomic E-state index is 0.109. The number of unbranched alkanes of at least 4 members (excludes halogenated alkanes) is 54. The van der Waals surface area contributed by atoms with Crippen molar-refractivity contribution in [2.45, 2.75) is 444 Å². The molecule has 0 saturated heterocycles. The first-order chi connectivity index (χ1) is 47.7. The zero-order valence-electron chi connectivity index (χ0n) is 63.8. The second-order valence-electron chi connectivity index (χ2n) is 28.5. The summed E-state index contributed by atoms with van der Waals surface area (Å²) in [4.78, 5) is 73.0. The van der Waals surface area contributed by atoms with Crippen LogP contribution in [0.5, 0.6) is 0 Å². The first kappa shape index (κ1) is 96.1. The van der Waals surface area contributed by atoms with Crippen LogP contribution in [0.25, 0.3) is 0 Å². The van der Waals surface area contributed by atoms with E-state index in [4.69, 9.17) is 37.0 Å². The molecule has 3 N–H and O–H groups in total. The van der Waals surface area contributed by atoms with E-state index in [1.54, 1.807) is 0 Å². The average molecular weight is 1440 g/mol. The van der Waals surface area contributed by atoms with Crippen molar-refractivity contribution in [3.63, 3.8) is 0 Å². The van der Waals surface area contributed by atoms with Crippen LogP contribution in [-0.2, 0) is 65.4 Å². The standard InChI is InChI=1S/C79H154O17P2/c1-5-9-13-17-21-25-29-32-35-36-39-42-46-50-54-58-62-66-79(84)96-75(70-90-77(82)64-60-56-52-48-44-40-37-33-30-26-22-18-14-10-6-2)72-94-98(87,88)92-68-73(80)67-91-97(85,86)93-71-74(69-89-76(81)63-59-55-51-47-43-28-24-20-16-12-8-4)95-78(83)65-61-57-53-49-45-41-38-34-31-27-23-19-15-11-7-3/h73-75,80H,5-72H2,1-4H3,(H,85,86)(H,87,88)/t73-,74+,75+/m0/s1. The Morgan fingerprint density at radius 3 is 0.602 bits per heavy atom. The molecule has 0 amide bonds. The molecule has 0 aliphatic carbocycles. The number of hydrogen-bond donors (Lipinski definition) is 3. The average Bonchev–Trinajstić information content (AvgIpc) is 0.978. The Hall–Kier alpha value is -1.94. The lowest BCUT2D eigenvalue weighted by Gasteiger charge is -2.21. The number of ether oxygens (including phenoxy) is 4. The Kier molecular flexibility index (Phi) is 71.9. The van der Waals surface area contributed by atoms with Gasteiger partial charge in [-0.25, -0.2) is 9.13 Å². The van der Waals surface area contributed by atoms with Crippen molar-refractivity contribution in [3.05, 3.63) is 0 Å². The lowest BCUT2D eigenvalue weighted by atomic mass is 10.0. The minimum atomic E-state index is -4.96. The first-order valence-corrected chi connectivity index (χ1v) is 44.3. The number of carbonyl (C=O) groups is 4. The third-order valence-corrected chi connectivity index (χ3v) is 20.5. The van der Waals surface area contributed by atoms with Crippen molar-refractivity contribution >= 4 is 39.5 Å². The van der Waals surface area contributed by atoms with Gasteiger partial charge in [-0.05, 0) is 25.7 Å². The molecule has 2 unspecified atom stereocenters. The molecule has 17 nitrogen and oxygen atoms in total. The summed E-state index contributed by atoms with van der Waals surface area (Å²) in [6.45, 7) is 5.02. The molecule has 0 aromatic heterocycles. The second kappa shape index (κ2) is 73.4. The molecule has 0 aromatic rings. The minimum Gasteiger partial charge on any atom is -0.462 e. The highest BCUT2D eigenvalue weighted by Crippen LogP contribution is 2.45. The summed E-state index contributed by atoms with van der Waals surface area (Å²) >= 11 is 0. The van der Waals surface area contributed by atoms with E-state index in [1.807, 2.05) is 0 Å². The van der Waals surface area contributed by atoms with Crippen LogP contribution in [0.4, 0.5) is 0 Å². The monoisotopic (exact) mass is 1440 g/mol. The van der Waals surface area contributed by atoms with Crippen molar-refractivity contribution in [2.75, 3.05) is 39.6 Å². The third kappa shape index (κ3) is 72.4. The van der Waals surface area contributed by atoms with Crippen LogP contribution in [0, 0.1) is 0 Å². The van der Waals surface area contributed by atoms with Crippen LogP contribution in [-0.4, -0.2) is 96.7 Å². The molecule has 0 fully saturated rings. The highest BCUT2D eigenvalue weighted by Gasteiger charge is 2.30.